The van der Waals surface area contributed by atoms with Crippen LogP contribution in [0.5, 0.6) is 11.9 Å². The molecule has 0 radical (unpaired) electrons. The highest BCUT2D eigenvalue weighted by Gasteiger charge is 2.18. The summed E-state index contributed by atoms with van der Waals surface area (Å²) < 4.78 is 7.27. The number of nitrogens with zero attached hydrogens (tertiary/aromatic N) is 6. The van der Waals surface area contributed by atoms with Crippen LogP contribution in [0.25, 0.3) is 0 Å². The zero-order chi connectivity index (χ0) is 14.1. The van der Waals surface area contributed by atoms with E-state index in [4.69, 9.17) is 10.5 Å². The summed E-state index contributed by atoms with van der Waals surface area (Å²) in [4.78, 5) is 14.6. The molecule has 0 spiro atoms. The van der Waals surface area contributed by atoms with E-state index in [1.807, 2.05) is 13.0 Å². The quantitative estimate of drug-likeness (QED) is 0.888. The predicted molar refractivity (Wildman–Crippen MR) is 73.7 cm³/mol. The minimum absolute atomic E-state index is 0.163. The predicted octanol–water partition coefficient (Wildman–Crippen LogP) is 0.888. The third kappa shape index (κ3) is 2.49. The number of rotatable bonds is 3. The minimum Gasteiger partial charge on any atom is -0.405 e. The molecule has 8 heteroatoms. The second-order valence-electron chi connectivity index (χ2n) is 4.82. The molecule has 3 heterocycles. The largest absolute Gasteiger partial charge is 0.405 e. The van der Waals surface area contributed by atoms with Crippen molar-refractivity contribution in [1.82, 2.24) is 24.7 Å². The number of hydrogen-bond acceptors (Lipinski definition) is 7. The molecule has 8 nitrogen and oxygen atoms in total. The van der Waals surface area contributed by atoms with Gasteiger partial charge in [0.25, 0.3) is 0 Å². The minimum atomic E-state index is 0.163. The van der Waals surface area contributed by atoms with Crippen molar-refractivity contribution in [2.75, 3.05) is 23.7 Å². The van der Waals surface area contributed by atoms with Gasteiger partial charge < -0.3 is 15.4 Å². The second-order valence-corrected chi connectivity index (χ2v) is 4.82. The Kier molecular flexibility index (Phi) is 3.13. The first-order valence-corrected chi connectivity index (χ1v) is 6.57. The van der Waals surface area contributed by atoms with Crippen molar-refractivity contribution in [1.29, 1.82) is 0 Å². The van der Waals surface area contributed by atoms with E-state index in [1.165, 1.54) is 0 Å². The van der Waals surface area contributed by atoms with Gasteiger partial charge in [-0.15, -0.1) is 0 Å². The highest BCUT2D eigenvalue weighted by atomic mass is 16.5. The SMILES string of the molecule is Cc1cc(Oc2nc(N)nc(N3CCCC3)n2)n(C)n1. The summed E-state index contributed by atoms with van der Waals surface area (Å²) in [5, 5.41) is 4.21. The number of ether oxygens (including phenoxy) is 1. The molecule has 2 aromatic rings. The number of nitrogens with two attached hydrogens (primary N) is 1. The lowest BCUT2D eigenvalue weighted by atomic mass is 10.4. The fourth-order valence-corrected chi connectivity index (χ4v) is 2.24. The van der Waals surface area contributed by atoms with Gasteiger partial charge in [-0.1, -0.05) is 0 Å². The van der Waals surface area contributed by atoms with E-state index in [2.05, 4.69) is 25.0 Å². The maximum absolute atomic E-state index is 5.73. The fourth-order valence-electron chi connectivity index (χ4n) is 2.24. The van der Waals surface area contributed by atoms with E-state index in [-0.39, 0.29) is 12.0 Å². The van der Waals surface area contributed by atoms with E-state index in [1.54, 1.807) is 11.7 Å². The monoisotopic (exact) mass is 275 g/mol. The van der Waals surface area contributed by atoms with Crippen LogP contribution < -0.4 is 15.4 Å². The summed E-state index contributed by atoms with van der Waals surface area (Å²) in [6, 6.07) is 2.01. The van der Waals surface area contributed by atoms with Crippen LogP contribution >= 0.6 is 0 Å². The van der Waals surface area contributed by atoms with Crippen molar-refractivity contribution in [2.24, 2.45) is 7.05 Å². The fraction of sp³-hybridized carbons (Fsp3) is 0.500. The highest BCUT2D eigenvalue weighted by Crippen LogP contribution is 2.22. The number of aromatic nitrogens is 5. The number of aryl methyl sites for hydroxylation is 2. The summed E-state index contributed by atoms with van der Waals surface area (Å²) in [5.41, 5.74) is 6.60. The van der Waals surface area contributed by atoms with Gasteiger partial charge in [-0.05, 0) is 19.8 Å². The Hall–Kier alpha value is -2.38. The summed E-state index contributed by atoms with van der Waals surface area (Å²) in [5.74, 6) is 1.31. The first-order chi connectivity index (χ1) is 9.61. The summed E-state index contributed by atoms with van der Waals surface area (Å²) in [7, 11) is 1.80. The third-order valence-corrected chi connectivity index (χ3v) is 3.16. The maximum Gasteiger partial charge on any atom is 0.329 e. The third-order valence-electron chi connectivity index (χ3n) is 3.16. The molecule has 1 saturated heterocycles. The zero-order valence-electron chi connectivity index (χ0n) is 11.6. The average molecular weight is 275 g/mol. The van der Waals surface area contributed by atoms with E-state index in [0.717, 1.165) is 31.6 Å². The molecule has 0 bridgehead atoms. The van der Waals surface area contributed by atoms with E-state index < -0.39 is 0 Å². The van der Waals surface area contributed by atoms with Crippen molar-refractivity contribution in [3.8, 4) is 11.9 Å². The Labute approximate surface area is 116 Å². The van der Waals surface area contributed by atoms with Gasteiger partial charge in [0.15, 0.2) is 0 Å². The molecule has 0 saturated carbocycles. The molecule has 0 unspecified atom stereocenters. The first-order valence-electron chi connectivity index (χ1n) is 6.57. The first kappa shape index (κ1) is 12.6. The Morgan fingerprint density at radius 2 is 1.95 bits per heavy atom. The molecule has 0 aliphatic carbocycles. The Balaban J connectivity index is 1.87. The summed E-state index contributed by atoms with van der Waals surface area (Å²) >= 11 is 0. The number of anilines is 2. The molecule has 106 valence electrons. The van der Waals surface area contributed by atoms with Crippen LogP contribution in [0.4, 0.5) is 11.9 Å². The lowest BCUT2D eigenvalue weighted by Gasteiger charge is -2.15. The smallest absolute Gasteiger partial charge is 0.329 e. The molecule has 1 aliphatic heterocycles. The van der Waals surface area contributed by atoms with Crippen molar-refractivity contribution in [2.45, 2.75) is 19.8 Å². The van der Waals surface area contributed by atoms with Crippen molar-refractivity contribution in [3.63, 3.8) is 0 Å². The second kappa shape index (κ2) is 4.95. The van der Waals surface area contributed by atoms with Crippen LogP contribution in [0.3, 0.4) is 0 Å². The van der Waals surface area contributed by atoms with Crippen molar-refractivity contribution >= 4 is 11.9 Å². The Morgan fingerprint density at radius 1 is 1.20 bits per heavy atom. The number of nitrogen functional groups attached to an aromatic ring is 1. The van der Waals surface area contributed by atoms with Gasteiger partial charge in [0.2, 0.25) is 17.8 Å². The molecule has 20 heavy (non-hydrogen) atoms. The molecule has 0 amide bonds. The Morgan fingerprint density at radius 3 is 2.60 bits per heavy atom. The molecule has 0 atom stereocenters. The maximum atomic E-state index is 5.73. The van der Waals surface area contributed by atoms with Gasteiger partial charge in [0, 0.05) is 26.2 Å². The molecule has 1 fully saturated rings. The molecular formula is C12H17N7O. The van der Waals surface area contributed by atoms with Crippen molar-refractivity contribution < 1.29 is 4.74 Å². The number of hydrogen-bond donors (Lipinski definition) is 1. The standard InChI is InChI=1S/C12H17N7O/c1-8-7-9(18(2)17-8)20-12-15-10(13)14-11(16-12)19-5-3-4-6-19/h7H,3-6H2,1-2H3,(H2,13,14,15,16). The van der Waals surface area contributed by atoms with Crippen LogP contribution in [0, 0.1) is 6.92 Å². The lowest BCUT2D eigenvalue weighted by molar-refractivity contribution is 0.398. The van der Waals surface area contributed by atoms with Crippen LogP contribution in [-0.4, -0.2) is 37.8 Å². The van der Waals surface area contributed by atoms with Gasteiger partial charge in [-0.25, -0.2) is 4.68 Å². The van der Waals surface area contributed by atoms with Crippen LogP contribution in [0.1, 0.15) is 18.5 Å². The molecule has 3 rings (SSSR count). The van der Waals surface area contributed by atoms with E-state index >= 15 is 0 Å². The summed E-state index contributed by atoms with van der Waals surface area (Å²) in [6.45, 7) is 3.77. The van der Waals surface area contributed by atoms with Crippen LogP contribution in [0.2, 0.25) is 0 Å². The van der Waals surface area contributed by atoms with E-state index in [0.29, 0.717) is 11.8 Å². The van der Waals surface area contributed by atoms with Gasteiger partial charge in [0.05, 0.1) is 5.69 Å². The average Bonchev–Trinajstić information content (AvgIpc) is 2.99. The lowest BCUT2D eigenvalue weighted by Crippen LogP contribution is -2.21. The molecule has 0 aromatic carbocycles. The summed E-state index contributed by atoms with van der Waals surface area (Å²) in [6.07, 6.45) is 2.28. The van der Waals surface area contributed by atoms with Crippen molar-refractivity contribution in [3.05, 3.63) is 11.8 Å². The highest BCUT2D eigenvalue weighted by molar-refractivity contribution is 5.37. The van der Waals surface area contributed by atoms with Gasteiger partial charge in [-0.2, -0.15) is 20.1 Å². The van der Waals surface area contributed by atoms with Gasteiger partial charge in [-0.3, -0.25) is 0 Å². The van der Waals surface area contributed by atoms with Crippen LogP contribution in [-0.2, 0) is 7.05 Å². The molecule has 1 aliphatic rings. The Bertz CT molecular complexity index is 618. The molecule has 2 aromatic heterocycles. The molecule has 2 N–H and O–H groups in total. The van der Waals surface area contributed by atoms with Crippen LogP contribution in [0.15, 0.2) is 6.07 Å². The molecular weight excluding hydrogens is 258 g/mol. The normalized spacial score (nSPS) is 14.8. The van der Waals surface area contributed by atoms with Gasteiger partial charge in [0.1, 0.15) is 0 Å². The van der Waals surface area contributed by atoms with Gasteiger partial charge >= 0.3 is 6.01 Å². The zero-order valence-corrected chi connectivity index (χ0v) is 11.6. The topological polar surface area (TPSA) is 95.0 Å². The van der Waals surface area contributed by atoms with E-state index in [9.17, 15) is 0 Å².